The summed E-state index contributed by atoms with van der Waals surface area (Å²) in [6.07, 6.45) is 88.7. The molecule has 0 amide bonds. The molecule has 0 saturated heterocycles. The minimum absolute atomic E-state index is 0.0765. The third-order valence-corrected chi connectivity index (χ3v) is 14.9. The Kier molecular flexibility index (Phi) is 64.2. The van der Waals surface area contributed by atoms with Gasteiger partial charge in [0.15, 0.2) is 6.10 Å². The topological polar surface area (TPSA) is 78.9 Å². The maximum absolute atomic E-state index is 12.9. The normalized spacial score (nSPS) is 12.6. The molecule has 0 aromatic rings. The first-order chi connectivity index (χ1) is 39.0. The summed E-state index contributed by atoms with van der Waals surface area (Å²) in [7, 11) is 0. The smallest absolute Gasteiger partial charge is 0.306 e. The van der Waals surface area contributed by atoms with Gasteiger partial charge in [-0.15, -0.1) is 0 Å². The molecule has 1 unspecified atom stereocenters. The summed E-state index contributed by atoms with van der Waals surface area (Å²) in [6, 6.07) is 0. The standard InChI is InChI=1S/C73H128O6/c1-4-7-10-13-16-19-22-25-28-30-32-34-35-36-37-39-40-42-45-48-51-54-57-60-63-66-72(75)78-69-70(68-77-71(74)65-62-59-56-53-50-47-44-27-24-21-18-15-12-9-6-3)79-73(76)67-64-61-58-55-52-49-46-43-41-38-33-31-29-26-23-20-17-14-11-8-5-2/h7,10,16,19,23,25-26,28,31-34,36-37,70H,4-6,8-9,11-15,17-18,20-22,24,27,29-30,35,38-69H2,1-3H3/b10-7-,19-16-,26-23-,28-25-,33-31-,34-32-,37-36-. The number of unbranched alkanes of at least 4 members (excludes halogenated alkanes) is 37. The molecule has 0 rings (SSSR count). The zero-order chi connectivity index (χ0) is 57.1. The fourth-order valence-corrected chi connectivity index (χ4v) is 9.80. The zero-order valence-electron chi connectivity index (χ0n) is 52.4. The van der Waals surface area contributed by atoms with Crippen molar-refractivity contribution in [2.24, 2.45) is 0 Å². The molecule has 0 saturated carbocycles. The number of carbonyl (C=O) groups excluding carboxylic acids is 3. The van der Waals surface area contributed by atoms with Crippen LogP contribution in [0.5, 0.6) is 0 Å². The summed E-state index contributed by atoms with van der Waals surface area (Å²) < 4.78 is 17.0. The maximum atomic E-state index is 12.9. The molecule has 0 aromatic heterocycles. The zero-order valence-corrected chi connectivity index (χ0v) is 52.4. The van der Waals surface area contributed by atoms with Crippen molar-refractivity contribution in [1.82, 2.24) is 0 Å². The third kappa shape index (κ3) is 65.3. The van der Waals surface area contributed by atoms with Crippen LogP contribution in [0.25, 0.3) is 0 Å². The van der Waals surface area contributed by atoms with Crippen LogP contribution < -0.4 is 0 Å². The molecule has 0 aliphatic carbocycles. The van der Waals surface area contributed by atoms with Gasteiger partial charge in [0.25, 0.3) is 0 Å². The molecule has 0 aliphatic heterocycles. The van der Waals surface area contributed by atoms with Crippen molar-refractivity contribution in [3.63, 3.8) is 0 Å². The molecule has 0 fully saturated rings. The Hall–Kier alpha value is -3.41. The van der Waals surface area contributed by atoms with Crippen molar-refractivity contribution >= 4 is 17.9 Å². The van der Waals surface area contributed by atoms with Crippen molar-refractivity contribution in [2.45, 2.75) is 348 Å². The molecular formula is C73H128O6. The highest BCUT2D eigenvalue weighted by molar-refractivity contribution is 5.71. The lowest BCUT2D eigenvalue weighted by Gasteiger charge is -2.18. The summed E-state index contributed by atoms with van der Waals surface area (Å²) in [6.45, 7) is 6.56. The third-order valence-electron chi connectivity index (χ3n) is 14.9. The van der Waals surface area contributed by atoms with Gasteiger partial charge in [0.05, 0.1) is 0 Å². The highest BCUT2D eigenvalue weighted by Crippen LogP contribution is 2.17. The van der Waals surface area contributed by atoms with E-state index in [0.29, 0.717) is 19.3 Å². The molecule has 0 bridgehead atoms. The van der Waals surface area contributed by atoms with Crippen molar-refractivity contribution in [3.8, 4) is 0 Å². The van der Waals surface area contributed by atoms with E-state index in [0.717, 1.165) is 103 Å². The number of allylic oxidation sites excluding steroid dienone is 14. The Morgan fingerprint density at radius 2 is 0.494 bits per heavy atom. The van der Waals surface area contributed by atoms with Crippen LogP contribution in [0, 0.1) is 0 Å². The first-order valence-corrected chi connectivity index (χ1v) is 34.1. The number of hydrogen-bond acceptors (Lipinski definition) is 6. The van der Waals surface area contributed by atoms with E-state index in [2.05, 4.69) is 106 Å². The largest absolute Gasteiger partial charge is 0.462 e. The molecule has 1 atom stereocenters. The summed E-state index contributed by atoms with van der Waals surface area (Å²) >= 11 is 0. The Morgan fingerprint density at radius 1 is 0.266 bits per heavy atom. The van der Waals surface area contributed by atoms with Crippen LogP contribution >= 0.6 is 0 Å². The van der Waals surface area contributed by atoms with Gasteiger partial charge in [0.1, 0.15) is 13.2 Å². The van der Waals surface area contributed by atoms with Crippen molar-refractivity contribution in [1.29, 1.82) is 0 Å². The van der Waals surface area contributed by atoms with Crippen LogP contribution in [0.1, 0.15) is 342 Å². The van der Waals surface area contributed by atoms with Crippen molar-refractivity contribution in [2.75, 3.05) is 13.2 Å². The molecule has 0 radical (unpaired) electrons. The van der Waals surface area contributed by atoms with E-state index in [1.165, 1.54) is 199 Å². The highest BCUT2D eigenvalue weighted by Gasteiger charge is 2.19. The number of ether oxygens (including phenoxy) is 3. The van der Waals surface area contributed by atoms with E-state index in [9.17, 15) is 14.4 Å². The predicted octanol–water partition coefficient (Wildman–Crippen LogP) is 23.4. The van der Waals surface area contributed by atoms with Crippen LogP contribution in [-0.4, -0.2) is 37.2 Å². The second-order valence-corrected chi connectivity index (χ2v) is 22.7. The minimum atomic E-state index is -0.782. The number of esters is 3. The molecule has 79 heavy (non-hydrogen) atoms. The lowest BCUT2D eigenvalue weighted by Crippen LogP contribution is -2.30. The van der Waals surface area contributed by atoms with Gasteiger partial charge in [-0.2, -0.15) is 0 Å². The van der Waals surface area contributed by atoms with Gasteiger partial charge in [-0.05, 0) is 96.3 Å². The van der Waals surface area contributed by atoms with Crippen LogP contribution in [0.15, 0.2) is 85.1 Å². The number of rotatable bonds is 62. The van der Waals surface area contributed by atoms with Gasteiger partial charge >= 0.3 is 17.9 Å². The first kappa shape index (κ1) is 75.6. The average Bonchev–Trinajstić information content (AvgIpc) is 3.45. The molecule has 0 heterocycles. The molecule has 6 heteroatoms. The van der Waals surface area contributed by atoms with E-state index < -0.39 is 6.10 Å². The van der Waals surface area contributed by atoms with E-state index in [1.807, 2.05) is 0 Å². The Balaban J connectivity index is 4.35. The predicted molar refractivity (Wildman–Crippen MR) is 344 cm³/mol. The summed E-state index contributed by atoms with van der Waals surface area (Å²) in [4.78, 5) is 38.4. The van der Waals surface area contributed by atoms with Crippen LogP contribution in [-0.2, 0) is 28.6 Å². The summed E-state index contributed by atoms with van der Waals surface area (Å²) in [5.41, 5.74) is 0. The van der Waals surface area contributed by atoms with Crippen LogP contribution in [0.3, 0.4) is 0 Å². The SMILES string of the molecule is CC/C=C\C/C=C\C/C=C\C/C=C\C/C=C\CCCCCCCCCCCC(=O)OCC(COC(=O)CCCCCCCCCCCCCCCCC)OC(=O)CCCCCCCCCCC/C=C\C/C=C\CCCCCCC. The lowest BCUT2D eigenvalue weighted by molar-refractivity contribution is -0.167. The fraction of sp³-hybridized carbons (Fsp3) is 0.767. The molecule has 0 spiro atoms. The molecule has 0 aliphatic rings. The lowest BCUT2D eigenvalue weighted by atomic mass is 10.0. The molecule has 6 nitrogen and oxygen atoms in total. The van der Waals surface area contributed by atoms with Crippen LogP contribution in [0.4, 0.5) is 0 Å². The van der Waals surface area contributed by atoms with Crippen LogP contribution in [0.2, 0.25) is 0 Å². The van der Waals surface area contributed by atoms with Crippen molar-refractivity contribution in [3.05, 3.63) is 85.1 Å². The number of carbonyl (C=O) groups is 3. The molecule has 0 N–H and O–H groups in total. The Morgan fingerprint density at radius 3 is 0.772 bits per heavy atom. The van der Waals surface area contributed by atoms with E-state index in [4.69, 9.17) is 14.2 Å². The average molecular weight is 1100 g/mol. The van der Waals surface area contributed by atoms with Gasteiger partial charge in [-0.3, -0.25) is 14.4 Å². The quantitative estimate of drug-likeness (QED) is 0.0261. The van der Waals surface area contributed by atoms with E-state index in [-0.39, 0.29) is 31.1 Å². The van der Waals surface area contributed by atoms with E-state index >= 15 is 0 Å². The molecular weight excluding hydrogens is 973 g/mol. The summed E-state index contributed by atoms with van der Waals surface area (Å²) in [5, 5.41) is 0. The number of hydrogen-bond donors (Lipinski definition) is 0. The van der Waals surface area contributed by atoms with Gasteiger partial charge < -0.3 is 14.2 Å². The molecule has 456 valence electrons. The second-order valence-electron chi connectivity index (χ2n) is 22.7. The van der Waals surface area contributed by atoms with Gasteiger partial charge in [-0.25, -0.2) is 0 Å². The summed E-state index contributed by atoms with van der Waals surface area (Å²) in [5.74, 6) is -0.869. The van der Waals surface area contributed by atoms with Gasteiger partial charge in [0, 0.05) is 19.3 Å². The highest BCUT2D eigenvalue weighted by atomic mass is 16.6. The van der Waals surface area contributed by atoms with Gasteiger partial charge in [-0.1, -0.05) is 311 Å². The second kappa shape index (κ2) is 67.1. The van der Waals surface area contributed by atoms with Crippen molar-refractivity contribution < 1.29 is 28.6 Å². The first-order valence-electron chi connectivity index (χ1n) is 34.1. The molecule has 0 aromatic carbocycles. The maximum Gasteiger partial charge on any atom is 0.306 e. The fourth-order valence-electron chi connectivity index (χ4n) is 9.80. The van der Waals surface area contributed by atoms with E-state index in [1.54, 1.807) is 0 Å². The van der Waals surface area contributed by atoms with Gasteiger partial charge in [0.2, 0.25) is 0 Å². The monoisotopic (exact) mass is 1100 g/mol. The minimum Gasteiger partial charge on any atom is -0.462 e. The Bertz CT molecular complexity index is 1500. The Labute approximate surface area is 490 Å².